The van der Waals surface area contributed by atoms with E-state index in [0.717, 1.165) is 23.7 Å². The summed E-state index contributed by atoms with van der Waals surface area (Å²) in [4.78, 5) is 0. The second-order valence-corrected chi connectivity index (χ2v) is 4.09. The van der Waals surface area contributed by atoms with Crippen molar-refractivity contribution in [3.8, 4) is 0 Å². The maximum atomic E-state index is 2.46. The second-order valence-electron chi connectivity index (χ2n) is 4.09. The van der Waals surface area contributed by atoms with Crippen LogP contribution in [0, 0.1) is 23.7 Å². The van der Waals surface area contributed by atoms with Gasteiger partial charge in [-0.1, -0.05) is 38.8 Å². The van der Waals surface area contributed by atoms with Crippen LogP contribution in [-0.2, 0) is 0 Å². The lowest BCUT2D eigenvalue weighted by atomic mass is 9.80. The molecule has 1 fully saturated rings. The second kappa shape index (κ2) is 2.66. The first-order valence-corrected chi connectivity index (χ1v) is 5.05. The highest BCUT2D eigenvalue weighted by Crippen LogP contribution is 2.50. The highest BCUT2D eigenvalue weighted by Gasteiger charge is 2.41. The summed E-state index contributed by atoms with van der Waals surface area (Å²) in [5.74, 6) is 3.95. The molecule has 0 heteroatoms. The fourth-order valence-electron chi connectivity index (χ4n) is 3.24. The van der Waals surface area contributed by atoms with E-state index in [0.29, 0.717) is 0 Å². The first-order chi connectivity index (χ1) is 5.36. The van der Waals surface area contributed by atoms with E-state index < -0.39 is 0 Å². The molecule has 0 aromatic heterocycles. The Morgan fingerprint density at radius 2 is 1.45 bits per heavy atom. The number of allylic oxidation sites excluding steroid dienone is 2. The SMILES string of the molecule is CC[C@@H]1[C@H](CC)[C@H]2C=C[C@H]1C2. The summed E-state index contributed by atoms with van der Waals surface area (Å²) >= 11 is 0. The quantitative estimate of drug-likeness (QED) is 0.530. The van der Waals surface area contributed by atoms with Gasteiger partial charge in [0.05, 0.1) is 0 Å². The molecule has 2 aliphatic carbocycles. The lowest BCUT2D eigenvalue weighted by molar-refractivity contribution is 0.292. The van der Waals surface area contributed by atoms with Gasteiger partial charge in [-0.25, -0.2) is 0 Å². The molecule has 0 radical (unpaired) electrons. The molecule has 1 saturated carbocycles. The molecule has 2 rings (SSSR count). The summed E-state index contributed by atoms with van der Waals surface area (Å²) in [6.07, 6.45) is 9.18. The highest BCUT2D eigenvalue weighted by atomic mass is 14.5. The van der Waals surface area contributed by atoms with Crippen molar-refractivity contribution >= 4 is 0 Å². The van der Waals surface area contributed by atoms with Crippen LogP contribution in [0.25, 0.3) is 0 Å². The van der Waals surface area contributed by atoms with E-state index in [-0.39, 0.29) is 0 Å². The zero-order chi connectivity index (χ0) is 7.84. The van der Waals surface area contributed by atoms with Gasteiger partial charge < -0.3 is 0 Å². The number of hydrogen-bond donors (Lipinski definition) is 0. The minimum atomic E-state index is 0.954. The Morgan fingerprint density at radius 1 is 1.00 bits per heavy atom. The lowest BCUT2D eigenvalue weighted by Crippen LogP contribution is -2.17. The normalized spacial score (nSPS) is 47.1. The number of fused-ring (bicyclic) bond motifs is 2. The molecule has 0 heterocycles. The van der Waals surface area contributed by atoms with E-state index in [2.05, 4.69) is 26.0 Å². The molecule has 2 aliphatic rings. The van der Waals surface area contributed by atoms with E-state index in [1.54, 1.807) is 0 Å². The molecule has 2 bridgehead atoms. The van der Waals surface area contributed by atoms with Crippen LogP contribution in [0.1, 0.15) is 33.1 Å². The minimum absolute atomic E-state index is 0.954. The molecular formula is C11H18. The van der Waals surface area contributed by atoms with Crippen LogP contribution in [0.3, 0.4) is 0 Å². The van der Waals surface area contributed by atoms with Gasteiger partial charge in [-0.2, -0.15) is 0 Å². The highest BCUT2D eigenvalue weighted by molar-refractivity contribution is 5.12. The van der Waals surface area contributed by atoms with Gasteiger partial charge in [0.15, 0.2) is 0 Å². The summed E-state index contributed by atoms with van der Waals surface area (Å²) in [6, 6.07) is 0. The first-order valence-electron chi connectivity index (χ1n) is 5.05. The van der Waals surface area contributed by atoms with Gasteiger partial charge in [0.2, 0.25) is 0 Å². The van der Waals surface area contributed by atoms with Gasteiger partial charge in [-0.05, 0) is 30.1 Å². The molecule has 62 valence electrons. The van der Waals surface area contributed by atoms with Gasteiger partial charge in [0, 0.05) is 0 Å². The molecule has 0 N–H and O–H groups in total. The minimum Gasteiger partial charge on any atom is -0.0848 e. The van der Waals surface area contributed by atoms with Crippen molar-refractivity contribution in [2.45, 2.75) is 33.1 Å². The summed E-state index contributed by atoms with van der Waals surface area (Å²) < 4.78 is 0. The van der Waals surface area contributed by atoms with Crippen molar-refractivity contribution in [3.05, 3.63) is 12.2 Å². The van der Waals surface area contributed by atoms with Crippen LogP contribution in [0.2, 0.25) is 0 Å². The number of rotatable bonds is 2. The maximum absolute atomic E-state index is 2.46. The van der Waals surface area contributed by atoms with Crippen molar-refractivity contribution in [2.24, 2.45) is 23.7 Å². The van der Waals surface area contributed by atoms with Crippen molar-refractivity contribution in [1.29, 1.82) is 0 Å². The van der Waals surface area contributed by atoms with Gasteiger partial charge in [0.1, 0.15) is 0 Å². The predicted octanol–water partition coefficient (Wildman–Crippen LogP) is 3.24. The average Bonchev–Trinajstić information content (AvgIpc) is 2.60. The third kappa shape index (κ3) is 0.953. The standard InChI is InChI=1S/C11H18/c1-3-10-8-5-6-9(7-8)11(10)4-2/h5-6,8-11H,3-4,7H2,1-2H3/t8-,9-,10-,11+/m0/s1. The van der Waals surface area contributed by atoms with Gasteiger partial charge >= 0.3 is 0 Å². The molecule has 0 saturated heterocycles. The van der Waals surface area contributed by atoms with Crippen LogP contribution in [-0.4, -0.2) is 0 Å². The summed E-state index contributed by atoms with van der Waals surface area (Å²) in [7, 11) is 0. The molecule has 0 aliphatic heterocycles. The fourth-order valence-corrected chi connectivity index (χ4v) is 3.24. The van der Waals surface area contributed by atoms with Crippen molar-refractivity contribution in [2.75, 3.05) is 0 Å². The summed E-state index contributed by atoms with van der Waals surface area (Å²) in [5.41, 5.74) is 0. The van der Waals surface area contributed by atoms with E-state index in [4.69, 9.17) is 0 Å². The Balaban J connectivity index is 2.15. The van der Waals surface area contributed by atoms with Crippen LogP contribution in [0.4, 0.5) is 0 Å². The fraction of sp³-hybridized carbons (Fsp3) is 0.818. The molecule has 4 atom stereocenters. The molecule has 0 unspecified atom stereocenters. The Hall–Kier alpha value is -0.260. The molecule has 0 amide bonds. The predicted molar refractivity (Wildman–Crippen MR) is 48.3 cm³/mol. The smallest absolute Gasteiger partial charge is 0.0197 e. The van der Waals surface area contributed by atoms with Crippen LogP contribution in [0.15, 0.2) is 12.2 Å². The first kappa shape index (κ1) is 7.39. The molecule has 0 aromatic carbocycles. The Morgan fingerprint density at radius 3 is 1.82 bits per heavy atom. The van der Waals surface area contributed by atoms with E-state index in [9.17, 15) is 0 Å². The third-order valence-electron chi connectivity index (χ3n) is 3.74. The van der Waals surface area contributed by atoms with E-state index in [1.807, 2.05) is 0 Å². The van der Waals surface area contributed by atoms with Crippen LogP contribution < -0.4 is 0 Å². The van der Waals surface area contributed by atoms with Crippen molar-refractivity contribution in [3.63, 3.8) is 0 Å². The van der Waals surface area contributed by atoms with E-state index >= 15 is 0 Å². The largest absolute Gasteiger partial charge is 0.0848 e. The monoisotopic (exact) mass is 150 g/mol. The molecule has 0 nitrogen and oxygen atoms in total. The Kier molecular flexibility index (Phi) is 1.78. The molecular weight excluding hydrogens is 132 g/mol. The maximum Gasteiger partial charge on any atom is -0.0197 e. The van der Waals surface area contributed by atoms with Crippen LogP contribution in [0.5, 0.6) is 0 Å². The summed E-state index contributed by atoms with van der Waals surface area (Å²) in [6.45, 7) is 4.70. The molecule has 11 heavy (non-hydrogen) atoms. The van der Waals surface area contributed by atoms with Crippen LogP contribution >= 0.6 is 0 Å². The zero-order valence-corrected chi connectivity index (χ0v) is 7.59. The van der Waals surface area contributed by atoms with E-state index in [1.165, 1.54) is 19.3 Å². The molecule has 0 aromatic rings. The van der Waals surface area contributed by atoms with Gasteiger partial charge in [0.25, 0.3) is 0 Å². The zero-order valence-electron chi connectivity index (χ0n) is 7.59. The van der Waals surface area contributed by atoms with Gasteiger partial charge in [-0.3, -0.25) is 0 Å². The third-order valence-corrected chi connectivity index (χ3v) is 3.74. The van der Waals surface area contributed by atoms with Gasteiger partial charge in [-0.15, -0.1) is 0 Å². The van der Waals surface area contributed by atoms with Crippen molar-refractivity contribution < 1.29 is 0 Å². The Bertz CT molecular complexity index is 151. The lowest BCUT2D eigenvalue weighted by Gasteiger charge is -2.25. The number of hydrogen-bond acceptors (Lipinski definition) is 0. The Labute approximate surface area is 69.7 Å². The van der Waals surface area contributed by atoms with Crippen molar-refractivity contribution in [1.82, 2.24) is 0 Å². The average molecular weight is 150 g/mol. The summed E-state index contributed by atoms with van der Waals surface area (Å²) in [5, 5.41) is 0. The molecule has 0 spiro atoms. The topological polar surface area (TPSA) is 0 Å².